The quantitative estimate of drug-likeness (QED) is 0.800. The highest BCUT2D eigenvalue weighted by Gasteiger charge is 2.42. The van der Waals surface area contributed by atoms with Crippen LogP contribution in [0.15, 0.2) is 36.5 Å². The Morgan fingerprint density at radius 2 is 2.00 bits per heavy atom. The largest absolute Gasteiger partial charge is 0.381 e. The summed E-state index contributed by atoms with van der Waals surface area (Å²) in [6, 6.07) is 9.47. The van der Waals surface area contributed by atoms with Crippen LogP contribution in [0.1, 0.15) is 23.3 Å². The molecule has 1 saturated heterocycles. The van der Waals surface area contributed by atoms with Crippen LogP contribution in [0.2, 0.25) is 0 Å². The van der Waals surface area contributed by atoms with Crippen LogP contribution in [0.25, 0.3) is 5.69 Å². The van der Waals surface area contributed by atoms with Crippen molar-refractivity contribution in [2.75, 3.05) is 20.3 Å². The second kappa shape index (κ2) is 5.75. The number of hydrogen-bond donors (Lipinski definition) is 0. The molecule has 110 valence electrons. The standard InChI is InChI=1S/C15H17N3O3/c1-20-15(7-9-21-10-8-15)14(19)13-11-16-17-18(13)12-5-3-2-4-6-12/h2-6,11H,7-10H2,1H3. The minimum Gasteiger partial charge on any atom is -0.381 e. The second-order valence-electron chi connectivity index (χ2n) is 5.01. The number of para-hydroxylation sites is 1. The Morgan fingerprint density at radius 3 is 2.67 bits per heavy atom. The molecule has 1 aromatic heterocycles. The van der Waals surface area contributed by atoms with Gasteiger partial charge in [0.2, 0.25) is 5.78 Å². The number of ketones is 1. The molecule has 1 aromatic carbocycles. The molecule has 3 rings (SSSR count). The highest BCUT2D eigenvalue weighted by Crippen LogP contribution is 2.29. The summed E-state index contributed by atoms with van der Waals surface area (Å²) in [5, 5.41) is 7.91. The summed E-state index contributed by atoms with van der Waals surface area (Å²) in [5.74, 6) is -0.0952. The van der Waals surface area contributed by atoms with Gasteiger partial charge in [-0.2, -0.15) is 0 Å². The van der Waals surface area contributed by atoms with Gasteiger partial charge in [-0.05, 0) is 12.1 Å². The van der Waals surface area contributed by atoms with Gasteiger partial charge in [-0.25, -0.2) is 4.68 Å². The van der Waals surface area contributed by atoms with Crippen molar-refractivity contribution in [1.29, 1.82) is 0 Å². The average Bonchev–Trinajstić information content (AvgIpc) is 3.05. The lowest BCUT2D eigenvalue weighted by Crippen LogP contribution is -2.46. The van der Waals surface area contributed by atoms with E-state index in [0.717, 1.165) is 5.69 Å². The van der Waals surface area contributed by atoms with Gasteiger partial charge in [-0.3, -0.25) is 4.79 Å². The fourth-order valence-electron chi connectivity index (χ4n) is 2.61. The minimum absolute atomic E-state index is 0.0952. The molecule has 0 atom stereocenters. The molecule has 0 bridgehead atoms. The van der Waals surface area contributed by atoms with Crippen LogP contribution in [-0.2, 0) is 9.47 Å². The van der Waals surface area contributed by atoms with E-state index < -0.39 is 5.60 Å². The fourth-order valence-corrected chi connectivity index (χ4v) is 2.61. The normalized spacial score (nSPS) is 17.6. The van der Waals surface area contributed by atoms with Gasteiger partial charge in [-0.15, -0.1) is 5.10 Å². The van der Waals surface area contributed by atoms with E-state index in [2.05, 4.69) is 10.3 Å². The van der Waals surface area contributed by atoms with Gasteiger partial charge in [0.15, 0.2) is 0 Å². The predicted octanol–water partition coefficient (Wildman–Crippen LogP) is 1.65. The number of carbonyl (C=O) groups excluding carboxylic acids is 1. The molecule has 2 heterocycles. The van der Waals surface area contributed by atoms with Gasteiger partial charge in [0, 0.05) is 33.2 Å². The molecular weight excluding hydrogens is 270 g/mol. The molecule has 1 fully saturated rings. The van der Waals surface area contributed by atoms with E-state index >= 15 is 0 Å². The summed E-state index contributed by atoms with van der Waals surface area (Å²) in [7, 11) is 1.57. The molecule has 2 aromatic rings. The summed E-state index contributed by atoms with van der Waals surface area (Å²) in [6.45, 7) is 1.04. The molecule has 21 heavy (non-hydrogen) atoms. The zero-order valence-electron chi connectivity index (χ0n) is 11.9. The fraction of sp³-hybridized carbons (Fsp3) is 0.400. The Hall–Kier alpha value is -2.05. The summed E-state index contributed by atoms with van der Waals surface area (Å²) in [6.07, 6.45) is 2.58. The number of methoxy groups -OCH3 is 1. The van der Waals surface area contributed by atoms with Gasteiger partial charge in [0.25, 0.3) is 0 Å². The number of nitrogens with zero attached hydrogens (tertiary/aromatic N) is 3. The molecule has 0 amide bonds. The Balaban J connectivity index is 1.97. The summed E-state index contributed by atoms with van der Waals surface area (Å²) in [4.78, 5) is 12.9. The number of hydrogen-bond acceptors (Lipinski definition) is 5. The SMILES string of the molecule is COC1(C(=O)c2cnnn2-c2ccccc2)CCOCC1. The molecule has 0 aliphatic carbocycles. The molecular formula is C15H17N3O3. The lowest BCUT2D eigenvalue weighted by atomic mass is 9.87. The van der Waals surface area contributed by atoms with Gasteiger partial charge in [0.05, 0.1) is 11.9 Å². The molecule has 0 saturated carbocycles. The minimum atomic E-state index is -0.841. The molecule has 1 aliphatic heterocycles. The Bertz CT molecular complexity index is 618. The first-order valence-corrected chi connectivity index (χ1v) is 6.91. The molecule has 0 radical (unpaired) electrons. The summed E-state index contributed by atoms with van der Waals surface area (Å²) < 4.78 is 12.4. The van der Waals surface area contributed by atoms with Crippen molar-refractivity contribution in [3.63, 3.8) is 0 Å². The van der Waals surface area contributed by atoms with E-state index in [0.29, 0.717) is 31.7 Å². The third-order valence-electron chi connectivity index (χ3n) is 3.89. The van der Waals surface area contributed by atoms with Gasteiger partial charge in [0.1, 0.15) is 11.3 Å². The summed E-state index contributed by atoms with van der Waals surface area (Å²) in [5.41, 5.74) is 0.397. The van der Waals surface area contributed by atoms with Crippen LogP contribution in [0.5, 0.6) is 0 Å². The monoisotopic (exact) mass is 287 g/mol. The first-order valence-electron chi connectivity index (χ1n) is 6.91. The number of rotatable bonds is 4. The van der Waals surface area contributed by atoms with E-state index in [1.807, 2.05) is 30.3 Å². The number of aromatic nitrogens is 3. The van der Waals surface area contributed by atoms with E-state index in [-0.39, 0.29) is 5.78 Å². The van der Waals surface area contributed by atoms with Crippen molar-refractivity contribution in [3.05, 3.63) is 42.2 Å². The zero-order chi connectivity index (χ0) is 14.7. The van der Waals surface area contributed by atoms with Crippen LogP contribution < -0.4 is 0 Å². The van der Waals surface area contributed by atoms with Crippen molar-refractivity contribution in [2.24, 2.45) is 0 Å². The Labute approximate surface area is 122 Å². The summed E-state index contributed by atoms with van der Waals surface area (Å²) >= 11 is 0. The maximum absolute atomic E-state index is 12.9. The topological polar surface area (TPSA) is 66.2 Å². The van der Waals surface area contributed by atoms with Gasteiger partial charge < -0.3 is 9.47 Å². The highest BCUT2D eigenvalue weighted by atomic mass is 16.5. The van der Waals surface area contributed by atoms with E-state index in [9.17, 15) is 4.79 Å². The van der Waals surface area contributed by atoms with Crippen LogP contribution in [0, 0.1) is 0 Å². The molecule has 6 nitrogen and oxygen atoms in total. The Kier molecular flexibility index (Phi) is 3.81. The van der Waals surface area contributed by atoms with Crippen molar-refractivity contribution in [2.45, 2.75) is 18.4 Å². The second-order valence-corrected chi connectivity index (χ2v) is 5.01. The highest BCUT2D eigenvalue weighted by molar-refractivity contribution is 6.01. The van der Waals surface area contributed by atoms with Crippen LogP contribution >= 0.6 is 0 Å². The molecule has 0 N–H and O–H groups in total. The average molecular weight is 287 g/mol. The lowest BCUT2D eigenvalue weighted by molar-refractivity contribution is -0.0666. The Morgan fingerprint density at radius 1 is 1.29 bits per heavy atom. The van der Waals surface area contributed by atoms with Crippen molar-refractivity contribution in [3.8, 4) is 5.69 Å². The maximum atomic E-state index is 12.9. The van der Waals surface area contributed by atoms with E-state index in [1.54, 1.807) is 11.8 Å². The van der Waals surface area contributed by atoms with E-state index in [4.69, 9.17) is 9.47 Å². The molecule has 0 unspecified atom stereocenters. The van der Waals surface area contributed by atoms with Crippen molar-refractivity contribution < 1.29 is 14.3 Å². The molecule has 0 spiro atoms. The zero-order valence-corrected chi connectivity index (χ0v) is 11.9. The lowest BCUT2D eigenvalue weighted by Gasteiger charge is -2.34. The molecule has 1 aliphatic rings. The smallest absolute Gasteiger partial charge is 0.214 e. The van der Waals surface area contributed by atoms with Crippen LogP contribution in [0.4, 0.5) is 0 Å². The molecule has 6 heteroatoms. The van der Waals surface area contributed by atoms with Crippen LogP contribution in [0.3, 0.4) is 0 Å². The first kappa shape index (κ1) is 13.9. The first-order chi connectivity index (χ1) is 10.3. The number of carbonyl (C=O) groups is 1. The number of ether oxygens (including phenoxy) is 2. The van der Waals surface area contributed by atoms with E-state index in [1.165, 1.54) is 6.20 Å². The van der Waals surface area contributed by atoms with Crippen molar-refractivity contribution in [1.82, 2.24) is 15.0 Å². The predicted molar refractivity (Wildman–Crippen MR) is 75.5 cm³/mol. The number of Topliss-reactive ketones (excluding diaryl/α,β-unsaturated/α-hetero) is 1. The van der Waals surface area contributed by atoms with Crippen molar-refractivity contribution >= 4 is 5.78 Å². The van der Waals surface area contributed by atoms with Gasteiger partial charge >= 0.3 is 0 Å². The number of benzene rings is 1. The van der Waals surface area contributed by atoms with Gasteiger partial charge in [-0.1, -0.05) is 23.4 Å². The van der Waals surface area contributed by atoms with Crippen LogP contribution in [-0.4, -0.2) is 46.7 Å². The third-order valence-corrected chi connectivity index (χ3v) is 3.89. The maximum Gasteiger partial charge on any atom is 0.214 e. The third kappa shape index (κ3) is 2.48.